The highest BCUT2D eigenvalue weighted by molar-refractivity contribution is 6.13. The number of aryl methyl sites for hydroxylation is 2. The van der Waals surface area contributed by atoms with Gasteiger partial charge in [0, 0.05) is 54.9 Å². The quantitative estimate of drug-likeness (QED) is 0.144. The number of hydrogen-bond acceptors (Lipinski definition) is 4. The van der Waals surface area contributed by atoms with E-state index in [1.54, 1.807) is 0 Å². The Kier molecular flexibility index (Phi) is 11.2. The first-order chi connectivity index (χ1) is 38.5. The Bertz CT molecular complexity index is 4650. The largest absolute Gasteiger partial charge is 0.309 e. The molecule has 11 aromatic carbocycles. The highest BCUT2D eigenvalue weighted by Gasteiger charge is 2.23. The molecular formula is C72H48N6. The summed E-state index contributed by atoms with van der Waals surface area (Å²) in [6.45, 7) is 4.34. The number of fused-ring (bicyclic) bond motifs is 6. The third-order valence-corrected chi connectivity index (χ3v) is 15.3. The van der Waals surface area contributed by atoms with E-state index in [-0.39, 0.29) is 0 Å². The normalized spacial score (nSPS) is 11.4. The van der Waals surface area contributed by atoms with Crippen molar-refractivity contribution in [1.29, 1.82) is 5.26 Å². The zero-order chi connectivity index (χ0) is 52.3. The molecule has 14 rings (SSSR count). The van der Waals surface area contributed by atoms with E-state index in [2.05, 4.69) is 205 Å². The zero-order valence-electron chi connectivity index (χ0n) is 42.9. The second-order valence-electron chi connectivity index (χ2n) is 20.0. The molecule has 0 aliphatic heterocycles. The lowest BCUT2D eigenvalue weighted by Crippen LogP contribution is -2.03. The molecule has 3 aromatic heterocycles. The second-order valence-corrected chi connectivity index (χ2v) is 20.0. The molecule has 0 radical (unpaired) electrons. The van der Waals surface area contributed by atoms with Gasteiger partial charge < -0.3 is 9.13 Å². The number of nitrogens with zero attached hydrogens (tertiary/aromatic N) is 6. The van der Waals surface area contributed by atoms with Crippen LogP contribution < -0.4 is 0 Å². The number of rotatable bonds is 9. The fourth-order valence-corrected chi connectivity index (χ4v) is 11.6. The third-order valence-electron chi connectivity index (χ3n) is 15.3. The lowest BCUT2D eigenvalue weighted by Gasteiger charge is -2.20. The van der Waals surface area contributed by atoms with Gasteiger partial charge in [0.15, 0.2) is 17.5 Å². The molecule has 78 heavy (non-hydrogen) atoms. The van der Waals surface area contributed by atoms with E-state index < -0.39 is 0 Å². The van der Waals surface area contributed by atoms with Gasteiger partial charge in [0.05, 0.1) is 45.1 Å². The number of benzene rings is 11. The van der Waals surface area contributed by atoms with Crippen LogP contribution in [-0.4, -0.2) is 24.1 Å². The first kappa shape index (κ1) is 46.1. The van der Waals surface area contributed by atoms with Crippen LogP contribution in [0.4, 0.5) is 0 Å². The van der Waals surface area contributed by atoms with Gasteiger partial charge in [-0.25, -0.2) is 15.0 Å². The number of aromatic nitrogens is 5. The van der Waals surface area contributed by atoms with Gasteiger partial charge in [0.25, 0.3) is 0 Å². The van der Waals surface area contributed by atoms with Gasteiger partial charge in [-0.1, -0.05) is 182 Å². The Morgan fingerprint density at radius 3 is 1.21 bits per heavy atom. The Hall–Kier alpha value is -10.5. The molecule has 0 amide bonds. The molecular weight excluding hydrogens is 949 g/mol. The van der Waals surface area contributed by atoms with Crippen molar-refractivity contribution in [2.75, 3.05) is 0 Å². The van der Waals surface area contributed by atoms with Gasteiger partial charge in [0.2, 0.25) is 0 Å². The first-order valence-electron chi connectivity index (χ1n) is 26.3. The molecule has 3 heterocycles. The van der Waals surface area contributed by atoms with E-state index in [1.165, 1.54) is 33.4 Å². The zero-order valence-corrected chi connectivity index (χ0v) is 42.9. The van der Waals surface area contributed by atoms with E-state index in [9.17, 15) is 5.26 Å². The highest BCUT2D eigenvalue weighted by atomic mass is 15.0. The van der Waals surface area contributed by atoms with E-state index in [0.29, 0.717) is 23.0 Å². The summed E-state index contributed by atoms with van der Waals surface area (Å²) in [5.41, 5.74) is 20.4. The van der Waals surface area contributed by atoms with Gasteiger partial charge in [0.1, 0.15) is 0 Å². The van der Waals surface area contributed by atoms with Crippen LogP contribution in [0.2, 0.25) is 0 Å². The highest BCUT2D eigenvalue weighted by Crippen LogP contribution is 2.44. The first-order valence-corrected chi connectivity index (χ1v) is 26.3. The predicted molar refractivity (Wildman–Crippen MR) is 321 cm³/mol. The second kappa shape index (κ2) is 19.0. The third kappa shape index (κ3) is 7.84. The number of para-hydroxylation sites is 2. The fourth-order valence-electron chi connectivity index (χ4n) is 11.6. The van der Waals surface area contributed by atoms with Crippen LogP contribution in [0.5, 0.6) is 0 Å². The lowest BCUT2D eigenvalue weighted by atomic mass is 9.93. The van der Waals surface area contributed by atoms with Gasteiger partial charge >= 0.3 is 0 Å². The molecule has 0 saturated carbocycles. The average molecular weight is 997 g/mol. The molecule has 0 unspecified atom stereocenters. The summed E-state index contributed by atoms with van der Waals surface area (Å²) in [7, 11) is 0. The van der Waals surface area contributed by atoms with Crippen LogP contribution in [0, 0.1) is 25.2 Å². The van der Waals surface area contributed by atoms with Crippen LogP contribution >= 0.6 is 0 Å². The maximum Gasteiger partial charge on any atom is 0.164 e. The molecule has 6 heteroatoms. The molecule has 366 valence electrons. The summed E-state index contributed by atoms with van der Waals surface area (Å²) >= 11 is 0. The van der Waals surface area contributed by atoms with E-state index >= 15 is 0 Å². The average Bonchev–Trinajstić information content (AvgIpc) is 4.13. The maximum atomic E-state index is 10.9. The Labute approximate surface area is 452 Å². The predicted octanol–water partition coefficient (Wildman–Crippen LogP) is 18.2. The summed E-state index contributed by atoms with van der Waals surface area (Å²) in [5, 5.41) is 15.5. The summed E-state index contributed by atoms with van der Waals surface area (Å²) in [5.74, 6) is 1.74. The van der Waals surface area contributed by atoms with Crippen LogP contribution in [-0.2, 0) is 0 Å². The SMILES string of the molecule is Cc1ccccc1-c1ccc2c(c1)c1ccccc1n2-c1ccc(-c2nc(-c3ccccc3)nc(-c3ccccc3)n2)cc1-c1ccc(-n2c3ccccc3c3cc(-c4ccccc4C)ccc32)c(-c2ccccc2C#N)c1. The summed E-state index contributed by atoms with van der Waals surface area (Å²) in [4.78, 5) is 15.5. The maximum absolute atomic E-state index is 10.9. The minimum atomic E-state index is 0.558. The van der Waals surface area contributed by atoms with Crippen molar-refractivity contribution in [3.05, 3.63) is 271 Å². The molecule has 0 aliphatic carbocycles. The molecule has 0 atom stereocenters. The van der Waals surface area contributed by atoms with Crippen LogP contribution in [0.25, 0.3) is 134 Å². The minimum Gasteiger partial charge on any atom is -0.309 e. The molecule has 6 nitrogen and oxygen atoms in total. The molecule has 0 saturated heterocycles. The van der Waals surface area contributed by atoms with Gasteiger partial charge in [-0.3, -0.25) is 0 Å². The van der Waals surface area contributed by atoms with Crippen molar-refractivity contribution in [3.63, 3.8) is 0 Å². The van der Waals surface area contributed by atoms with Crippen LogP contribution in [0.3, 0.4) is 0 Å². The monoisotopic (exact) mass is 996 g/mol. The molecule has 0 fully saturated rings. The summed E-state index contributed by atoms with van der Waals surface area (Å²) in [6.07, 6.45) is 0. The summed E-state index contributed by atoms with van der Waals surface area (Å²) < 4.78 is 4.77. The van der Waals surface area contributed by atoms with Crippen molar-refractivity contribution >= 4 is 43.6 Å². The molecule has 0 spiro atoms. The van der Waals surface area contributed by atoms with Crippen molar-refractivity contribution in [1.82, 2.24) is 24.1 Å². The Balaban J connectivity index is 1.05. The number of nitriles is 1. The van der Waals surface area contributed by atoms with Crippen molar-refractivity contribution < 1.29 is 0 Å². The standard InChI is InChI=1S/C72H48N6/c1-46-19-9-12-26-55(46)50-33-37-68-62(41-50)58-29-15-17-31-64(58)77(68)66-40-36-53(72-75-70(48-21-5-3-6-22-48)74-71(76-72)49-23-7-4-8-24-49)44-60(66)52-35-39-67(61(43-52)57-28-14-11-25-54(57)45-73)78-65-32-18-16-30-59(65)63-42-51(34-38-69(63)78)56-27-13-10-20-47(56)2/h3-44H,1-2H3. The smallest absolute Gasteiger partial charge is 0.164 e. The fraction of sp³-hybridized carbons (Fsp3) is 0.0278. The Morgan fingerprint density at radius 2 is 0.679 bits per heavy atom. The summed E-state index contributed by atoms with van der Waals surface area (Å²) in [6, 6.07) is 92.2. The van der Waals surface area contributed by atoms with Crippen molar-refractivity contribution in [3.8, 4) is 96.1 Å². The molecule has 0 bridgehead atoms. The number of hydrogen-bond donors (Lipinski definition) is 0. The lowest BCUT2D eigenvalue weighted by molar-refractivity contribution is 1.07. The van der Waals surface area contributed by atoms with Crippen molar-refractivity contribution in [2.24, 2.45) is 0 Å². The minimum absolute atomic E-state index is 0.558. The molecule has 0 aliphatic rings. The van der Waals surface area contributed by atoms with Crippen molar-refractivity contribution in [2.45, 2.75) is 13.8 Å². The van der Waals surface area contributed by atoms with Gasteiger partial charge in [-0.2, -0.15) is 5.26 Å². The topological polar surface area (TPSA) is 72.3 Å². The van der Waals surface area contributed by atoms with Crippen LogP contribution in [0.1, 0.15) is 16.7 Å². The van der Waals surface area contributed by atoms with Crippen LogP contribution in [0.15, 0.2) is 255 Å². The van der Waals surface area contributed by atoms with E-state index in [1.807, 2.05) is 78.9 Å². The van der Waals surface area contributed by atoms with E-state index in [4.69, 9.17) is 15.0 Å². The Morgan fingerprint density at radius 1 is 0.295 bits per heavy atom. The van der Waals surface area contributed by atoms with Gasteiger partial charge in [-0.05, 0) is 126 Å². The van der Waals surface area contributed by atoms with E-state index in [0.717, 1.165) is 93.9 Å². The molecule has 14 aromatic rings. The van der Waals surface area contributed by atoms with Gasteiger partial charge in [-0.15, -0.1) is 0 Å². The molecule has 0 N–H and O–H groups in total.